The Morgan fingerprint density at radius 3 is 0.864 bits per heavy atom. The van der Waals surface area contributed by atoms with E-state index in [1.165, 1.54) is 45.6 Å². The monoisotopic (exact) mass is 311 g/mol. The van der Waals surface area contributed by atoms with Gasteiger partial charge in [0.25, 0.3) is 0 Å². The highest BCUT2D eigenvalue weighted by atomic mass is 15.7. The van der Waals surface area contributed by atoms with Crippen LogP contribution >= 0.6 is 0 Å². The summed E-state index contributed by atoms with van der Waals surface area (Å²) in [5.41, 5.74) is 5.53. The van der Waals surface area contributed by atoms with E-state index in [-0.39, 0.29) is 22.2 Å². The molecular formula is C19H41N3. The number of piperidine rings is 2. The van der Waals surface area contributed by atoms with E-state index in [0.29, 0.717) is 0 Å². The SMILES string of the molecule is CC1(C)CCCC(C)(C)N1N1C(C)(C)CCCC1(C)C.CN. The zero-order valence-corrected chi connectivity index (χ0v) is 16.7. The van der Waals surface area contributed by atoms with Crippen LogP contribution in [0.25, 0.3) is 0 Å². The van der Waals surface area contributed by atoms with Crippen molar-refractivity contribution in [2.45, 2.75) is 116 Å². The summed E-state index contributed by atoms with van der Waals surface area (Å²) in [5, 5.41) is 5.53. The summed E-state index contributed by atoms with van der Waals surface area (Å²) in [6, 6.07) is 0. The molecule has 2 aliphatic rings. The first-order chi connectivity index (χ1) is 9.90. The fourth-order valence-corrected chi connectivity index (χ4v) is 5.05. The zero-order valence-electron chi connectivity index (χ0n) is 16.7. The molecule has 3 heteroatoms. The van der Waals surface area contributed by atoms with Gasteiger partial charge in [0, 0.05) is 22.2 Å². The van der Waals surface area contributed by atoms with Crippen LogP contribution in [0, 0.1) is 0 Å². The largest absolute Gasteiger partial charge is 0.333 e. The van der Waals surface area contributed by atoms with Gasteiger partial charge < -0.3 is 5.73 Å². The minimum atomic E-state index is 0.258. The van der Waals surface area contributed by atoms with Crippen molar-refractivity contribution in [3.05, 3.63) is 0 Å². The van der Waals surface area contributed by atoms with Gasteiger partial charge in [-0.05, 0) is 101 Å². The van der Waals surface area contributed by atoms with Gasteiger partial charge in [0.2, 0.25) is 0 Å². The molecule has 0 amide bonds. The number of rotatable bonds is 1. The molecule has 132 valence electrons. The van der Waals surface area contributed by atoms with Crippen LogP contribution in [0.15, 0.2) is 0 Å². The van der Waals surface area contributed by atoms with Crippen LogP contribution in [0.1, 0.15) is 93.9 Å². The lowest BCUT2D eigenvalue weighted by Gasteiger charge is -2.66. The lowest BCUT2D eigenvalue weighted by Crippen LogP contribution is -2.75. The Hall–Kier alpha value is -0.120. The molecule has 0 aromatic rings. The van der Waals surface area contributed by atoms with Gasteiger partial charge in [-0.25, -0.2) is 10.0 Å². The van der Waals surface area contributed by atoms with E-state index in [2.05, 4.69) is 71.1 Å². The molecule has 0 saturated carbocycles. The molecule has 2 rings (SSSR count). The molecule has 0 bridgehead atoms. The minimum Gasteiger partial charge on any atom is -0.333 e. The van der Waals surface area contributed by atoms with Crippen molar-refractivity contribution in [3.8, 4) is 0 Å². The van der Waals surface area contributed by atoms with Crippen LogP contribution in [0.4, 0.5) is 0 Å². The summed E-state index contributed by atoms with van der Waals surface area (Å²) in [6.45, 7) is 19.5. The van der Waals surface area contributed by atoms with Crippen LogP contribution in [-0.2, 0) is 0 Å². The smallest absolute Gasteiger partial charge is 0.0306 e. The van der Waals surface area contributed by atoms with Gasteiger partial charge in [-0.2, -0.15) is 0 Å². The third kappa shape index (κ3) is 3.68. The van der Waals surface area contributed by atoms with E-state index < -0.39 is 0 Å². The molecule has 2 fully saturated rings. The van der Waals surface area contributed by atoms with Crippen molar-refractivity contribution < 1.29 is 0 Å². The molecule has 2 N–H and O–H groups in total. The first-order valence-corrected chi connectivity index (χ1v) is 9.09. The van der Waals surface area contributed by atoms with E-state index in [1.807, 2.05) is 0 Å². The highest BCUT2D eigenvalue weighted by Gasteiger charge is 2.53. The van der Waals surface area contributed by atoms with Gasteiger partial charge >= 0.3 is 0 Å². The van der Waals surface area contributed by atoms with Gasteiger partial charge in [-0.3, -0.25) is 0 Å². The molecule has 0 atom stereocenters. The fraction of sp³-hybridized carbons (Fsp3) is 1.00. The fourth-order valence-electron chi connectivity index (χ4n) is 5.05. The van der Waals surface area contributed by atoms with Crippen LogP contribution in [0.3, 0.4) is 0 Å². The Bertz CT molecular complexity index is 301. The van der Waals surface area contributed by atoms with Crippen LogP contribution < -0.4 is 5.73 Å². The average Bonchev–Trinajstić information content (AvgIpc) is 2.33. The normalized spacial score (nSPS) is 30.3. The van der Waals surface area contributed by atoms with Crippen molar-refractivity contribution in [2.75, 3.05) is 7.05 Å². The minimum absolute atomic E-state index is 0.258. The third-order valence-electron chi connectivity index (χ3n) is 5.65. The molecule has 2 heterocycles. The highest BCUT2D eigenvalue weighted by molar-refractivity contribution is 5.04. The van der Waals surface area contributed by atoms with Gasteiger partial charge in [-0.1, -0.05) is 0 Å². The standard InChI is InChI=1S/C18H36N2.CH5N/c1-15(2)11-9-12-16(3,4)19(15)20-17(5,6)13-10-14-18(20,7)8;1-2/h9-14H2,1-8H3;2H2,1H3. The first-order valence-electron chi connectivity index (χ1n) is 9.09. The van der Waals surface area contributed by atoms with Crippen LogP contribution in [0.5, 0.6) is 0 Å². The maximum absolute atomic E-state index is 4.50. The quantitative estimate of drug-likeness (QED) is 0.770. The van der Waals surface area contributed by atoms with E-state index >= 15 is 0 Å². The molecule has 0 unspecified atom stereocenters. The molecule has 22 heavy (non-hydrogen) atoms. The number of nitrogens with two attached hydrogens (primary N) is 1. The predicted octanol–water partition coefficient (Wildman–Crippen LogP) is 4.56. The molecule has 3 nitrogen and oxygen atoms in total. The molecule has 2 saturated heterocycles. The van der Waals surface area contributed by atoms with Crippen molar-refractivity contribution in [1.29, 1.82) is 0 Å². The van der Waals surface area contributed by atoms with Crippen LogP contribution in [0.2, 0.25) is 0 Å². The van der Waals surface area contributed by atoms with Crippen molar-refractivity contribution in [1.82, 2.24) is 10.0 Å². The summed E-state index contributed by atoms with van der Waals surface area (Å²) in [5.74, 6) is 0. The topological polar surface area (TPSA) is 32.5 Å². The molecule has 2 aliphatic heterocycles. The first kappa shape index (κ1) is 19.9. The maximum atomic E-state index is 4.50. The Morgan fingerprint density at radius 1 is 0.500 bits per heavy atom. The number of hydrogen-bond donors (Lipinski definition) is 1. The Labute approximate surface area is 139 Å². The van der Waals surface area contributed by atoms with Gasteiger partial charge in [0.1, 0.15) is 0 Å². The second-order valence-electron chi connectivity index (χ2n) is 9.58. The number of hydrazine groups is 1. The van der Waals surface area contributed by atoms with E-state index in [0.717, 1.165) is 0 Å². The summed E-state index contributed by atoms with van der Waals surface area (Å²) in [4.78, 5) is 0. The third-order valence-corrected chi connectivity index (χ3v) is 5.65. The summed E-state index contributed by atoms with van der Waals surface area (Å²) < 4.78 is 0. The van der Waals surface area contributed by atoms with Gasteiger partial charge in [0.05, 0.1) is 0 Å². The Morgan fingerprint density at radius 2 is 0.682 bits per heavy atom. The van der Waals surface area contributed by atoms with Crippen molar-refractivity contribution >= 4 is 0 Å². The molecule has 0 radical (unpaired) electrons. The Balaban J connectivity index is 0.00000116. The molecule has 0 aliphatic carbocycles. The van der Waals surface area contributed by atoms with E-state index in [4.69, 9.17) is 0 Å². The zero-order chi connectivity index (χ0) is 17.4. The van der Waals surface area contributed by atoms with E-state index in [9.17, 15) is 0 Å². The maximum Gasteiger partial charge on any atom is 0.0306 e. The number of nitrogens with zero attached hydrogens (tertiary/aromatic N) is 2. The van der Waals surface area contributed by atoms with Crippen molar-refractivity contribution in [3.63, 3.8) is 0 Å². The molecule has 0 aromatic heterocycles. The highest BCUT2D eigenvalue weighted by Crippen LogP contribution is 2.48. The lowest BCUT2D eigenvalue weighted by atomic mass is 9.77. The second kappa shape index (κ2) is 6.41. The predicted molar refractivity (Wildman–Crippen MR) is 97.8 cm³/mol. The van der Waals surface area contributed by atoms with Gasteiger partial charge in [-0.15, -0.1) is 0 Å². The van der Waals surface area contributed by atoms with Crippen LogP contribution in [-0.4, -0.2) is 39.2 Å². The van der Waals surface area contributed by atoms with Crippen molar-refractivity contribution in [2.24, 2.45) is 5.73 Å². The lowest BCUT2D eigenvalue weighted by molar-refractivity contribution is -0.272. The Kier molecular flexibility index (Phi) is 5.81. The second-order valence-corrected chi connectivity index (χ2v) is 9.58. The summed E-state index contributed by atoms with van der Waals surface area (Å²) >= 11 is 0. The number of hydrogen-bond acceptors (Lipinski definition) is 3. The summed E-state index contributed by atoms with van der Waals surface area (Å²) in [6.07, 6.45) is 7.92. The molecular weight excluding hydrogens is 270 g/mol. The molecule has 0 spiro atoms. The van der Waals surface area contributed by atoms with E-state index in [1.54, 1.807) is 0 Å². The summed E-state index contributed by atoms with van der Waals surface area (Å²) in [7, 11) is 1.50. The molecule has 0 aromatic carbocycles. The van der Waals surface area contributed by atoms with Gasteiger partial charge in [0.15, 0.2) is 0 Å². The average molecular weight is 312 g/mol.